The summed E-state index contributed by atoms with van der Waals surface area (Å²) in [6, 6.07) is 3.58. The molecular weight excluding hydrogens is 309 g/mol. The number of rotatable bonds is 7. The Morgan fingerprint density at radius 3 is 2.81 bits per heavy atom. The summed E-state index contributed by atoms with van der Waals surface area (Å²) in [5, 5.41) is 4.41. The van der Waals surface area contributed by atoms with Gasteiger partial charge in [-0.05, 0) is 18.7 Å². The van der Waals surface area contributed by atoms with Gasteiger partial charge in [-0.2, -0.15) is 0 Å². The van der Waals surface area contributed by atoms with Gasteiger partial charge >= 0.3 is 0 Å². The van der Waals surface area contributed by atoms with Gasteiger partial charge in [-0.1, -0.05) is 30.1 Å². The van der Waals surface area contributed by atoms with Crippen LogP contribution < -0.4 is 10.1 Å². The third-order valence-corrected chi connectivity index (χ3v) is 3.64. The summed E-state index contributed by atoms with van der Waals surface area (Å²) < 4.78 is 7.84. The predicted molar refractivity (Wildman–Crippen MR) is 86.2 cm³/mol. The first-order chi connectivity index (χ1) is 10.1. The van der Waals surface area contributed by atoms with Crippen LogP contribution in [0, 0.1) is 0 Å². The fraction of sp³-hybridized carbons (Fsp3) is 0.400. The number of aromatic nitrogens is 2. The van der Waals surface area contributed by atoms with Crippen molar-refractivity contribution in [2.75, 3.05) is 13.2 Å². The molecule has 2 rings (SSSR count). The Morgan fingerprint density at radius 2 is 2.14 bits per heavy atom. The quantitative estimate of drug-likeness (QED) is 0.846. The van der Waals surface area contributed by atoms with E-state index in [0.29, 0.717) is 28.9 Å². The summed E-state index contributed by atoms with van der Waals surface area (Å²) in [7, 11) is 1.97. The van der Waals surface area contributed by atoms with Gasteiger partial charge in [0.15, 0.2) is 0 Å². The molecule has 2 aromatic rings. The molecule has 0 spiro atoms. The van der Waals surface area contributed by atoms with Crippen LogP contribution in [0.25, 0.3) is 0 Å². The zero-order valence-corrected chi connectivity index (χ0v) is 13.7. The highest BCUT2D eigenvalue weighted by Gasteiger charge is 2.11. The number of imidazole rings is 1. The number of nitrogens with zero attached hydrogens (tertiary/aromatic N) is 2. The van der Waals surface area contributed by atoms with Crippen molar-refractivity contribution >= 4 is 23.2 Å². The largest absolute Gasteiger partial charge is 0.491 e. The SMILES string of the molecule is CCNCc1cc(Cl)cc(Cl)c1OCCc1nccn1C. The van der Waals surface area contributed by atoms with Gasteiger partial charge in [-0.3, -0.25) is 0 Å². The van der Waals surface area contributed by atoms with Gasteiger partial charge < -0.3 is 14.6 Å². The molecule has 1 aromatic carbocycles. The van der Waals surface area contributed by atoms with Gasteiger partial charge in [0.2, 0.25) is 0 Å². The molecule has 0 aliphatic rings. The normalized spacial score (nSPS) is 10.9. The molecule has 0 fully saturated rings. The molecule has 0 amide bonds. The Hall–Kier alpha value is -1.23. The monoisotopic (exact) mass is 327 g/mol. The van der Waals surface area contributed by atoms with Crippen LogP contribution in [0.4, 0.5) is 0 Å². The second-order valence-electron chi connectivity index (χ2n) is 4.71. The molecule has 0 aliphatic carbocycles. The minimum atomic E-state index is 0.519. The highest BCUT2D eigenvalue weighted by atomic mass is 35.5. The summed E-state index contributed by atoms with van der Waals surface area (Å²) in [5.41, 5.74) is 0.967. The molecule has 1 N–H and O–H groups in total. The lowest BCUT2D eigenvalue weighted by molar-refractivity contribution is 0.313. The third-order valence-electron chi connectivity index (χ3n) is 3.14. The van der Waals surface area contributed by atoms with E-state index < -0.39 is 0 Å². The van der Waals surface area contributed by atoms with E-state index >= 15 is 0 Å². The predicted octanol–water partition coefficient (Wildman–Crippen LogP) is 3.46. The highest BCUT2D eigenvalue weighted by Crippen LogP contribution is 2.32. The van der Waals surface area contributed by atoms with Crippen molar-refractivity contribution in [3.8, 4) is 5.75 Å². The number of benzene rings is 1. The maximum atomic E-state index is 6.25. The molecule has 4 nitrogen and oxygen atoms in total. The fourth-order valence-electron chi connectivity index (χ4n) is 2.05. The average Bonchev–Trinajstić information content (AvgIpc) is 2.84. The van der Waals surface area contributed by atoms with Crippen LogP contribution in [0.2, 0.25) is 10.0 Å². The zero-order valence-electron chi connectivity index (χ0n) is 12.2. The van der Waals surface area contributed by atoms with Crippen LogP contribution in [0.15, 0.2) is 24.5 Å². The van der Waals surface area contributed by atoms with Crippen molar-refractivity contribution in [2.45, 2.75) is 19.9 Å². The number of nitrogens with one attached hydrogen (secondary N) is 1. The summed E-state index contributed by atoms with van der Waals surface area (Å²) in [4.78, 5) is 4.27. The molecule has 0 aliphatic heterocycles. The van der Waals surface area contributed by atoms with E-state index in [0.717, 1.165) is 24.4 Å². The lowest BCUT2D eigenvalue weighted by atomic mass is 10.2. The van der Waals surface area contributed by atoms with E-state index in [1.165, 1.54) is 0 Å². The Labute approximate surface area is 135 Å². The van der Waals surface area contributed by atoms with Crippen molar-refractivity contribution in [3.05, 3.63) is 46.0 Å². The Balaban J connectivity index is 2.05. The molecule has 21 heavy (non-hydrogen) atoms. The summed E-state index contributed by atoms with van der Waals surface area (Å²) >= 11 is 12.3. The lowest BCUT2D eigenvalue weighted by Crippen LogP contribution is -2.14. The first kappa shape index (κ1) is 16.1. The average molecular weight is 328 g/mol. The topological polar surface area (TPSA) is 39.1 Å². The van der Waals surface area contributed by atoms with Gasteiger partial charge in [-0.25, -0.2) is 4.98 Å². The molecule has 1 heterocycles. The lowest BCUT2D eigenvalue weighted by Gasteiger charge is -2.14. The number of hydrogen-bond donors (Lipinski definition) is 1. The fourth-order valence-corrected chi connectivity index (χ4v) is 2.64. The molecule has 0 saturated carbocycles. The number of aryl methyl sites for hydroxylation is 1. The van der Waals surface area contributed by atoms with Crippen LogP contribution in [0.5, 0.6) is 5.75 Å². The molecule has 0 radical (unpaired) electrons. The molecule has 0 saturated heterocycles. The van der Waals surface area contributed by atoms with Crippen molar-refractivity contribution in [2.24, 2.45) is 7.05 Å². The molecule has 0 bridgehead atoms. The van der Waals surface area contributed by atoms with E-state index in [1.54, 1.807) is 12.3 Å². The van der Waals surface area contributed by atoms with Crippen molar-refractivity contribution in [1.82, 2.24) is 14.9 Å². The number of ether oxygens (including phenoxy) is 1. The molecule has 0 unspecified atom stereocenters. The van der Waals surface area contributed by atoms with E-state index in [9.17, 15) is 0 Å². The van der Waals surface area contributed by atoms with Gasteiger partial charge in [0.1, 0.15) is 11.6 Å². The van der Waals surface area contributed by atoms with E-state index in [4.69, 9.17) is 27.9 Å². The molecule has 0 atom stereocenters. The molecular formula is C15H19Cl2N3O. The van der Waals surface area contributed by atoms with Crippen molar-refractivity contribution in [1.29, 1.82) is 0 Å². The zero-order chi connectivity index (χ0) is 15.2. The first-order valence-corrected chi connectivity index (χ1v) is 7.65. The maximum absolute atomic E-state index is 6.25. The summed E-state index contributed by atoms with van der Waals surface area (Å²) in [6.07, 6.45) is 4.42. The van der Waals surface area contributed by atoms with Crippen LogP contribution in [0.3, 0.4) is 0 Å². The molecule has 6 heteroatoms. The highest BCUT2D eigenvalue weighted by molar-refractivity contribution is 6.35. The standard InChI is InChI=1S/C15H19Cl2N3O/c1-3-18-10-11-8-12(16)9-13(17)15(11)21-7-4-14-19-5-6-20(14)2/h5-6,8-9,18H,3-4,7,10H2,1-2H3. The maximum Gasteiger partial charge on any atom is 0.142 e. The van der Waals surface area contributed by atoms with Gasteiger partial charge in [0.05, 0.1) is 11.6 Å². The van der Waals surface area contributed by atoms with Crippen LogP contribution >= 0.6 is 23.2 Å². The number of hydrogen-bond acceptors (Lipinski definition) is 3. The van der Waals surface area contributed by atoms with Gasteiger partial charge in [-0.15, -0.1) is 0 Å². The van der Waals surface area contributed by atoms with Crippen LogP contribution in [-0.2, 0) is 20.0 Å². The van der Waals surface area contributed by atoms with E-state index in [1.807, 2.05) is 30.8 Å². The molecule has 114 valence electrons. The van der Waals surface area contributed by atoms with Crippen LogP contribution in [-0.4, -0.2) is 22.7 Å². The number of halogens is 2. The van der Waals surface area contributed by atoms with E-state index in [2.05, 4.69) is 10.3 Å². The Morgan fingerprint density at radius 1 is 1.33 bits per heavy atom. The van der Waals surface area contributed by atoms with Crippen molar-refractivity contribution in [3.63, 3.8) is 0 Å². The van der Waals surface area contributed by atoms with Gasteiger partial charge in [0.25, 0.3) is 0 Å². The van der Waals surface area contributed by atoms with Gasteiger partial charge in [0, 0.05) is 43.0 Å². The van der Waals surface area contributed by atoms with E-state index in [-0.39, 0.29) is 0 Å². The Kier molecular flexibility index (Phi) is 5.91. The second kappa shape index (κ2) is 7.69. The molecule has 1 aromatic heterocycles. The van der Waals surface area contributed by atoms with Crippen molar-refractivity contribution < 1.29 is 4.74 Å². The minimum Gasteiger partial charge on any atom is -0.491 e. The van der Waals surface area contributed by atoms with Crippen LogP contribution in [0.1, 0.15) is 18.3 Å². The minimum absolute atomic E-state index is 0.519. The summed E-state index contributed by atoms with van der Waals surface area (Å²) in [6.45, 7) is 4.12. The smallest absolute Gasteiger partial charge is 0.142 e. The first-order valence-electron chi connectivity index (χ1n) is 6.89. The second-order valence-corrected chi connectivity index (χ2v) is 5.55. The third kappa shape index (κ3) is 4.37. The summed E-state index contributed by atoms with van der Waals surface area (Å²) in [5.74, 6) is 1.67. The Bertz CT molecular complexity index is 599.